The predicted octanol–water partition coefficient (Wildman–Crippen LogP) is 3.59. The summed E-state index contributed by atoms with van der Waals surface area (Å²) in [4.78, 5) is 18.1. The molecule has 1 aliphatic rings. The molecule has 1 fully saturated rings. The summed E-state index contributed by atoms with van der Waals surface area (Å²) < 4.78 is 2.34. The highest BCUT2D eigenvalue weighted by atomic mass is 35.5. The molecule has 0 N–H and O–H groups in total. The number of halogens is 2. The molecule has 6 nitrogen and oxygen atoms in total. The maximum absolute atomic E-state index is 12.7. The van der Waals surface area contributed by atoms with E-state index in [2.05, 4.69) is 21.3 Å². The van der Waals surface area contributed by atoms with E-state index >= 15 is 0 Å². The summed E-state index contributed by atoms with van der Waals surface area (Å²) in [7, 11) is 0. The first-order valence-corrected chi connectivity index (χ1v) is 10.1. The lowest BCUT2D eigenvalue weighted by Crippen LogP contribution is -2.48. The highest BCUT2D eigenvalue weighted by Crippen LogP contribution is 2.23. The molecule has 0 bridgehead atoms. The zero-order chi connectivity index (χ0) is 18.8. The Hall–Kier alpha value is -1.93. The number of aromatic nitrogens is 3. The van der Waals surface area contributed by atoms with Crippen LogP contribution in [0.1, 0.15) is 15.4 Å². The van der Waals surface area contributed by atoms with Crippen molar-refractivity contribution in [2.45, 2.75) is 6.54 Å². The number of hydrogen-bond donors (Lipinski definition) is 0. The topological polar surface area (TPSA) is 54.3 Å². The van der Waals surface area contributed by atoms with Crippen LogP contribution in [0.4, 0.5) is 0 Å². The van der Waals surface area contributed by atoms with Crippen LogP contribution in [0.5, 0.6) is 0 Å². The molecule has 1 aliphatic heterocycles. The molecule has 0 aliphatic carbocycles. The quantitative estimate of drug-likeness (QED) is 0.645. The van der Waals surface area contributed by atoms with E-state index in [1.807, 2.05) is 29.2 Å². The number of carbonyl (C=O) groups is 1. The SMILES string of the molecule is O=C(c1cn(-c2ccccc2Cl)nn1)N1CCN(Cc2ccc(Cl)s2)CC1. The molecule has 0 atom stereocenters. The molecule has 0 radical (unpaired) electrons. The lowest BCUT2D eigenvalue weighted by Gasteiger charge is -2.34. The van der Waals surface area contributed by atoms with Gasteiger partial charge in [0.2, 0.25) is 0 Å². The number of thiophene rings is 1. The van der Waals surface area contributed by atoms with Crippen molar-refractivity contribution in [3.05, 3.63) is 62.5 Å². The Morgan fingerprint density at radius 1 is 1.07 bits per heavy atom. The van der Waals surface area contributed by atoms with Gasteiger partial charge in [0.25, 0.3) is 5.91 Å². The van der Waals surface area contributed by atoms with Gasteiger partial charge in [0.05, 0.1) is 21.2 Å². The van der Waals surface area contributed by atoms with Crippen LogP contribution < -0.4 is 0 Å². The summed E-state index contributed by atoms with van der Waals surface area (Å²) in [6, 6.07) is 11.3. The van der Waals surface area contributed by atoms with Crippen molar-refractivity contribution in [2.75, 3.05) is 26.2 Å². The Labute approximate surface area is 170 Å². The minimum atomic E-state index is -0.105. The molecule has 0 spiro atoms. The lowest BCUT2D eigenvalue weighted by molar-refractivity contribution is 0.0624. The molecule has 1 saturated heterocycles. The first kappa shape index (κ1) is 18.4. The Kier molecular flexibility index (Phi) is 5.45. The van der Waals surface area contributed by atoms with E-state index < -0.39 is 0 Å². The third kappa shape index (κ3) is 4.16. The molecule has 1 aromatic carbocycles. The molecule has 9 heteroatoms. The van der Waals surface area contributed by atoms with Crippen molar-refractivity contribution in [3.8, 4) is 5.69 Å². The second-order valence-electron chi connectivity index (χ2n) is 6.27. The van der Waals surface area contributed by atoms with E-state index in [1.54, 1.807) is 23.6 Å². The van der Waals surface area contributed by atoms with E-state index in [4.69, 9.17) is 23.2 Å². The van der Waals surface area contributed by atoms with E-state index in [1.165, 1.54) is 9.56 Å². The molecular formula is C18H17Cl2N5OS. The number of amides is 1. The van der Waals surface area contributed by atoms with Gasteiger partial charge in [0.15, 0.2) is 5.69 Å². The minimum absolute atomic E-state index is 0.105. The molecule has 3 aromatic rings. The molecule has 0 unspecified atom stereocenters. The third-order valence-electron chi connectivity index (χ3n) is 4.48. The predicted molar refractivity (Wildman–Crippen MR) is 107 cm³/mol. The molecule has 3 heterocycles. The van der Waals surface area contributed by atoms with Gasteiger partial charge in [-0.3, -0.25) is 9.69 Å². The fourth-order valence-corrected chi connectivity index (χ4v) is 4.40. The number of rotatable bonds is 4. The van der Waals surface area contributed by atoms with Gasteiger partial charge in [0, 0.05) is 37.6 Å². The van der Waals surface area contributed by atoms with Crippen LogP contribution in [-0.4, -0.2) is 56.9 Å². The summed E-state index contributed by atoms with van der Waals surface area (Å²) in [5.74, 6) is -0.105. The molecule has 1 amide bonds. The van der Waals surface area contributed by atoms with Gasteiger partial charge >= 0.3 is 0 Å². The average Bonchev–Trinajstić information content (AvgIpc) is 3.31. The van der Waals surface area contributed by atoms with Gasteiger partial charge < -0.3 is 4.90 Å². The number of carbonyl (C=O) groups excluding carboxylic acids is 1. The van der Waals surface area contributed by atoms with Crippen LogP contribution >= 0.6 is 34.5 Å². The fraction of sp³-hybridized carbons (Fsp3) is 0.278. The monoisotopic (exact) mass is 421 g/mol. The highest BCUT2D eigenvalue weighted by molar-refractivity contribution is 7.16. The number of nitrogens with zero attached hydrogens (tertiary/aromatic N) is 5. The van der Waals surface area contributed by atoms with Gasteiger partial charge in [0.1, 0.15) is 0 Å². The molecule has 27 heavy (non-hydrogen) atoms. The van der Waals surface area contributed by atoms with Crippen molar-refractivity contribution in [1.82, 2.24) is 24.8 Å². The van der Waals surface area contributed by atoms with Crippen molar-refractivity contribution in [2.24, 2.45) is 0 Å². The molecular weight excluding hydrogens is 405 g/mol. The normalized spacial score (nSPS) is 15.3. The van der Waals surface area contributed by atoms with Gasteiger partial charge in [-0.25, -0.2) is 4.68 Å². The number of piperazine rings is 1. The van der Waals surface area contributed by atoms with E-state index in [0.29, 0.717) is 29.5 Å². The van der Waals surface area contributed by atoms with E-state index in [0.717, 1.165) is 24.0 Å². The second kappa shape index (κ2) is 7.98. The number of benzene rings is 1. The van der Waals surface area contributed by atoms with Crippen molar-refractivity contribution in [1.29, 1.82) is 0 Å². The Morgan fingerprint density at radius 3 is 2.56 bits per heavy atom. The summed E-state index contributed by atoms with van der Waals surface area (Å²) >= 11 is 13.8. The maximum Gasteiger partial charge on any atom is 0.276 e. The van der Waals surface area contributed by atoms with Gasteiger partial charge in [-0.2, -0.15) is 0 Å². The van der Waals surface area contributed by atoms with Crippen LogP contribution in [0.2, 0.25) is 9.36 Å². The molecule has 140 valence electrons. The molecule has 2 aromatic heterocycles. The third-order valence-corrected chi connectivity index (χ3v) is 6.02. The van der Waals surface area contributed by atoms with Gasteiger partial charge in [-0.15, -0.1) is 16.4 Å². The minimum Gasteiger partial charge on any atom is -0.335 e. The van der Waals surface area contributed by atoms with Crippen molar-refractivity contribution >= 4 is 40.4 Å². The van der Waals surface area contributed by atoms with Crippen LogP contribution in [-0.2, 0) is 6.54 Å². The van der Waals surface area contributed by atoms with Crippen LogP contribution in [0.25, 0.3) is 5.69 Å². The van der Waals surface area contributed by atoms with Gasteiger partial charge in [-0.05, 0) is 24.3 Å². The van der Waals surface area contributed by atoms with Crippen LogP contribution in [0.3, 0.4) is 0 Å². The largest absolute Gasteiger partial charge is 0.335 e. The summed E-state index contributed by atoms with van der Waals surface area (Å²) in [5.41, 5.74) is 1.03. The lowest BCUT2D eigenvalue weighted by atomic mass is 10.2. The summed E-state index contributed by atoms with van der Waals surface area (Å²) in [5, 5.41) is 8.64. The fourth-order valence-electron chi connectivity index (χ4n) is 3.05. The standard InChI is InChI=1S/C18H17Cl2N5OS/c19-14-3-1-2-4-16(14)25-12-15(21-22-25)18(26)24-9-7-23(8-10-24)11-13-5-6-17(20)27-13/h1-6,12H,7-11H2. The number of para-hydroxylation sites is 1. The van der Waals surface area contributed by atoms with E-state index in [9.17, 15) is 4.79 Å². The Morgan fingerprint density at radius 2 is 1.85 bits per heavy atom. The van der Waals surface area contributed by atoms with Crippen molar-refractivity contribution in [3.63, 3.8) is 0 Å². The second-order valence-corrected chi connectivity index (χ2v) is 8.48. The molecule has 4 rings (SSSR count). The zero-order valence-corrected chi connectivity index (χ0v) is 16.7. The number of hydrogen-bond acceptors (Lipinski definition) is 5. The smallest absolute Gasteiger partial charge is 0.276 e. The molecule has 0 saturated carbocycles. The summed E-state index contributed by atoms with van der Waals surface area (Å²) in [6.45, 7) is 3.83. The first-order chi connectivity index (χ1) is 13.1. The maximum atomic E-state index is 12.7. The first-order valence-electron chi connectivity index (χ1n) is 8.53. The highest BCUT2D eigenvalue weighted by Gasteiger charge is 2.24. The van der Waals surface area contributed by atoms with Crippen LogP contribution in [0, 0.1) is 0 Å². The van der Waals surface area contributed by atoms with Crippen molar-refractivity contribution < 1.29 is 4.79 Å². The average molecular weight is 422 g/mol. The Balaban J connectivity index is 1.38. The zero-order valence-electron chi connectivity index (χ0n) is 14.4. The summed E-state index contributed by atoms with van der Waals surface area (Å²) in [6.07, 6.45) is 1.63. The van der Waals surface area contributed by atoms with Gasteiger partial charge in [-0.1, -0.05) is 40.5 Å². The van der Waals surface area contributed by atoms with E-state index in [-0.39, 0.29) is 5.91 Å². The van der Waals surface area contributed by atoms with Crippen LogP contribution in [0.15, 0.2) is 42.6 Å². The Bertz CT molecular complexity index is 949.